The number of hydrogen-bond acceptors (Lipinski definition) is 3. The van der Waals surface area contributed by atoms with Gasteiger partial charge in [-0.15, -0.1) is 0 Å². The van der Waals surface area contributed by atoms with Crippen LogP contribution in [0, 0.1) is 0 Å². The molecular formula is C13H16N2O4. The Morgan fingerprint density at radius 2 is 1.95 bits per heavy atom. The molecule has 0 saturated heterocycles. The van der Waals surface area contributed by atoms with Gasteiger partial charge in [0.15, 0.2) is 0 Å². The van der Waals surface area contributed by atoms with Gasteiger partial charge < -0.3 is 15.0 Å². The lowest BCUT2D eigenvalue weighted by molar-refractivity contribution is -0.140. The minimum Gasteiger partial charge on any atom is -0.481 e. The van der Waals surface area contributed by atoms with Crippen molar-refractivity contribution in [1.29, 1.82) is 0 Å². The van der Waals surface area contributed by atoms with Crippen LogP contribution < -0.4 is 5.56 Å². The highest BCUT2D eigenvalue weighted by Crippen LogP contribution is 2.13. The number of aliphatic carboxylic acids is 1. The summed E-state index contributed by atoms with van der Waals surface area (Å²) in [5.41, 5.74) is 1.79. The first-order valence-electron chi connectivity index (χ1n) is 6.27. The van der Waals surface area contributed by atoms with Gasteiger partial charge in [0.05, 0.1) is 6.42 Å². The van der Waals surface area contributed by atoms with Crippen LogP contribution in [-0.2, 0) is 22.4 Å². The number of hydrogen-bond donors (Lipinski definition) is 2. The molecular weight excluding hydrogens is 248 g/mol. The molecule has 2 heterocycles. The van der Waals surface area contributed by atoms with E-state index in [1.54, 1.807) is 11.0 Å². The highest BCUT2D eigenvalue weighted by Gasteiger charge is 2.19. The first-order chi connectivity index (χ1) is 9.06. The number of aromatic nitrogens is 1. The van der Waals surface area contributed by atoms with Gasteiger partial charge in [0.2, 0.25) is 11.5 Å². The predicted molar refractivity (Wildman–Crippen MR) is 67.9 cm³/mol. The molecule has 1 aliphatic rings. The van der Waals surface area contributed by atoms with E-state index in [0.717, 1.165) is 11.3 Å². The van der Waals surface area contributed by atoms with Gasteiger partial charge in [-0.25, -0.2) is 0 Å². The SMILES string of the molecule is O=C(O)CCC(=O)N1CCc2ccc(=O)[nH]c2CC1. The van der Waals surface area contributed by atoms with Gasteiger partial charge in [-0.2, -0.15) is 0 Å². The van der Waals surface area contributed by atoms with Crippen LogP contribution in [0.4, 0.5) is 0 Å². The molecule has 102 valence electrons. The topological polar surface area (TPSA) is 90.5 Å². The number of rotatable bonds is 3. The number of nitrogens with one attached hydrogen (secondary N) is 1. The maximum absolute atomic E-state index is 11.9. The number of aromatic amines is 1. The summed E-state index contributed by atoms with van der Waals surface area (Å²) < 4.78 is 0. The standard InChI is InChI=1S/C13H16N2O4/c16-11-2-1-9-5-7-15(8-6-10(9)14-11)12(17)3-4-13(18)19/h1-2H,3-8H2,(H,14,16)(H,18,19). The van der Waals surface area contributed by atoms with E-state index >= 15 is 0 Å². The lowest BCUT2D eigenvalue weighted by atomic mass is 10.1. The Balaban J connectivity index is 2.01. The van der Waals surface area contributed by atoms with Crippen LogP contribution in [0.3, 0.4) is 0 Å². The molecule has 0 fully saturated rings. The third-order valence-corrected chi connectivity index (χ3v) is 3.29. The monoisotopic (exact) mass is 264 g/mol. The van der Waals surface area contributed by atoms with Gasteiger partial charge in [-0.05, 0) is 12.0 Å². The lowest BCUT2D eigenvalue weighted by Crippen LogP contribution is -2.33. The van der Waals surface area contributed by atoms with Crippen LogP contribution in [0.5, 0.6) is 0 Å². The van der Waals surface area contributed by atoms with Gasteiger partial charge in [0.25, 0.3) is 0 Å². The third kappa shape index (κ3) is 3.43. The number of fused-ring (bicyclic) bond motifs is 1. The summed E-state index contributed by atoms with van der Waals surface area (Å²) >= 11 is 0. The second-order valence-corrected chi connectivity index (χ2v) is 4.60. The molecule has 0 unspecified atom stereocenters. The first-order valence-corrected chi connectivity index (χ1v) is 6.27. The highest BCUT2D eigenvalue weighted by molar-refractivity contribution is 5.80. The number of pyridine rings is 1. The fourth-order valence-electron chi connectivity index (χ4n) is 2.24. The molecule has 0 saturated carbocycles. The number of nitrogens with zero attached hydrogens (tertiary/aromatic N) is 1. The Morgan fingerprint density at radius 1 is 1.21 bits per heavy atom. The summed E-state index contributed by atoms with van der Waals surface area (Å²) in [7, 11) is 0. The van der Waals surface area contributed by atoms with Gasteiger partial charge in [-0.1, -0.05) is 6.07 Å². The molecule has 0 spiro atoms. The van der Waals surface area contributed by atoms with Gasteiger partial charge in [0.1, 0.15) is 0 Å². The zero-order chi connectivity index (χ0) is 13.8. The molecule has 0 bridgehead atoms. The summed E-state index contributed by atoms with van der Waals surface area (Å²) in [6, 6.07) is 3.28. The van der Waals surface area contributed by atoms with E-state index in [9.17, 15) is 14.4 Å². The van der Waals surface area contributed by atoms with Crippen LogP contribution in [0.25, 0.3) is 0 Å². The zero-order valence-electron chi connectivity index (χ0n) is 10.5. The van der Waals surface area contributed by atoms with E-state index in [1.165, 1.54) is 6.07 Å². The van der Waals surface area contributed by atoms with Crippen molar-refractivity contribution < 1.29 is 14.7 Å². The average molecular weight is 264 g/mol. The van der Waals surface area contributed by atoms with Crippen LogP contribution in [0.2, 0.25) is 0 Å². The number of amides is 1. The van der Waals surface area contributed by atoms with Crippen molar-refractivity contribution in [2.45, 2.75) is 25.7 Å². The molecule has 0 radical (unpaired) electrons. The average Bonchev–Trinajstić information content (AvgIpc) is 2.58. The summed E-state index contributed by atoms with van der Waals surface area (Å²) in [5, 5.41) is 8.58. The number of carboxylic acid groups (broad SMARTS) is 1. The fourth-order valence-corrected chi connectivity index (χ4v) is 2.24. The number of H-pyrrole nitrogens is 1. The predicted octanol–water partition coefficient (Wildman–Crippen LogP) is 0.167. The summed E-state index contributed by atoms with van der Waals surface area (Å²) in [6.07, 6.45) is 1.18. The molecule has 2 N–H and O–H groups in total. The van der Waals surface area contributed by atoms with E-state index in [0.29, 0.717) is 25.9 Å². The van der Waals surface area contributed by atoms with E-state index in [-0.39, 0.29) is 24.3 Å². The lowest BCUT2D eigenvalue weighted by Gasteiger charge is -2.19. The van der Waals surface area contributed by atoms with Crippen LogP contribution in [-0.4, -0.2) is 40.0 Å². The molecule has 0 atom stereocenters. The van der Waals surface area contributed by atoms with Crippen molar-refractivity contribution in [3.8, 4) is 0 Å². The second-order valence-electron chi connectivity index (χ2n) is 4.60. The Labute approximate surface area is 110 Å². The molecule has 1 aliphatic heterocycles. The van der Waals surface area contributed by atoms with E-state index in [1.807, 2.05) is 0 Å². The van der Waals surface area contributed by atoms with Crippen molar-refractivity contribution in [3.63, 3.8) is 0 Å². The Kier molecular flexibility index (Phi) is 3.99. The summed E-state index contributed by atoms with van der Waals surface area (Å²) in [6.45, 7) is 1.09. The summed E-state index contributed by atoms with van der Waals surface area (Å²) in [5.74, 6) is -1.10. The Bertz CT molecular complexity index is 550. The molecule has 6 nitrogen and oxygen atoms in total. The van der Waals surface area contributed by atoms with Crippen LogP contribution >= 0.6 is 0 Å². The van der Waals surface area contributed by atoms with Crippen molar-refractivity contribution in [1.82, 2.24) is 9.88 Å². The van der Waals surface area contributed by atoms with Crippen LogP contribution in [0.15, 0.2) is 16.9 Å². The highest BCUT2D eigenvalue weighted by atomic mass is 16.4. The smallest absolute Gasteiger partial charge is 0.303 e. The minimum atomic E-state index is -0.962. The van der Waals surface area contributed by atoms with E-state index in [2.05, 4.69) is 4.98 Å². The molecule has 6 heteroatoms. The molecule has 0 aromatic carbocycles. The van der Waals surface area contributed by atoms with E-state index < -0.39 is 5.97 Å². The first kappa shape index (κ1) is 13.3. The van der Waals surface area contributed by atoms with Crippen molar-refractivity contribution >= 4 is 11.9 Å². The molecule has 1 amide bonds. The number of carbonyl (C=O) groups excluding carboxylic acids is 1. The molecule has 0 aliphatic carbocycles. The third-order valence-electron chi connectivity index (χ3n) is 3.29. The molecule has 1 aromatic heterocycles. The molecule has 2 rings (SSSR count). The fraction of sp³-hybridized carbons (Fsp3) is 0.462. The normalized spacial score (nSPS) is 14.6. The molecule has 1 aromatic rings. The number of carbonyl (C=O) groups is 2. The minimum absolute atomic E-state index is 0.0300. The van der Waals surface area contributed by atoms with Crippen molar-refractivity contribution in [2.24, 2.45) is 0 Å². The maximum atomic E-state index is 11.9. The quantitative estimate of drug-likeness (QED) is 0.814. The van der Waals surface area contributed by atoms with Crippen LogP contribution in [0.1, 0.15) is 24.1 Å². The van der Waals surface area contributed by atoms with Crippen molar-refractivity contribution in [3.05, 3.63) is 33.7 Å². The Hall–Kier alpha value is -2.11. The molecule has 19 heavy (non-hydrogen) atoms. The van der Waals surface area contributed by atoms with Gasteiger partial charge in [0, 0.05) is 37.7 Å². The van der Waals surface area contributed by atoms with Gasteiger partial charge >= 0.3 is 5.97 Å². The maximum Gasteiger partial charge on any atom is 0.303 e. The number of carboxylic acids is 1. The summed E-state index contributed by atoms with van der Waals surface area (Å²) in [4.78, 5) is 38.0. The Morgan fingerprint density at radius 3 is 2.68 bits per heavy atom. The van der Waals surface area contributed by atoms with Crippen molar-refractivity contribution in [2.75, 3.05) is 13.1 Å². The van der Waals surface area contributed by atoms with E-state index in [4.69, 9.17) is 5.11 Å². The van der Waals surface area contributed by atoms with Gasteiger partial charge in [-0.3, -0.25) is 14.4 Å². The second kappa shape index (κ2) is 5.69. The zero-order valence-corrected chi connectivity index (χ0v) is 10.5. The largest absolute Gasteiger partial charge is 0.481 e.